The summed E-state index contributed by atoms with van der Waals surface area (Å²) >= 11 is 1.82. The van der Waals surface area contributed by atoms with Crippen molar-refractivity contribution >= 4 is 17.5 Å². The first kappa shape index (κ1) is 10.7. The highest BCUT2D eigenvalue weighted by molar-refractivity contribution is 8.00. The molecule has 0 N–H and O–H groups in total. The molecule has 0 spiro atoms. The van der Waals surface area contributed by atoms with Gasteiger partial charge in [-0.15, -0.1) is 0 Å². The van der Waals surface area contributed by atoms with Gasteiger partial charge in [-0.05, 0) is 31.1 Å². The zero-order valence-electron chi connectivity index (χ0n) is 8.98. The number of ketones is 1. The molecule has 0 aromatic carbocycles. The van der Waals surface area contributed by atoms with Gasteiger partial charge < -0.3 is 0 Å². The summed E-state index contributed by atoms with van der Waals surface area (Å²) in [7, 11) is 1.92. The predicted molar refractivity (Wildman–Crippen MR) is 62.0 cm³/mol. The number of nitrogens with zero attached hydrogens (tertiary/aromatic N) is 2. The first-order valence-electron chi connectivity index (χ1n) is 5.38. The molecule has 0 bridgehead atoms. The molecule has 1 saturated heterocycles. The van der Waals surface area contributed by atoms with Gasteiger partial charge in [-0.3, -0.25) is 9.48 Å². The number of aromatic nitrogens is 2. The molecular formula is C11H16N2OS. The average molecular weight is 224 g/mol. The minimum absolute atomic E-state index is 0.276. The van der Waals surface area contributed by atoms with Crippen LogP contribution in [-0.4, -0.2) is 26.6 Å². The number of hydrogen-bond donors (Lipinski definition) is 0. The summed E-state index contributed by atoms with van der Waals surface area (Å²) < 4.78 is 1.84. The van der Waals surface area contributed by atoms with Crippen molar-refractivity contribution in [2.24, 2.45) is 7.05 Å². The fraction of sp³-hybridized carbons (Fsp3) is 0.636. The molecule has 82 valence electrons. The Balaban J connectivity index is 1.83. The minimum atomic E-state index is 0.276. The van der Waals surface area contributed by atoms with Gasteiger partial charge in [0.15, 0.2) is 0 Å². The second kappa shape index (κ2) is 4.84. The number of carbonyl (C=O) groups is 1. The van der Waals surface area contributed by atoms with E-state index in [1.165, 1.54) is 6.42 Å². The van der Waals surface area contributed by atoms with Crippen LogP contribution in [0.3, 0.4) is 0 Å². The van der Waals surface area contributed by atoms with Crippen LogP contribution in [0, 0.1) is 0 Å². The molecule has 0 saturated carbocycles. The van der Waals surface area contributed by atoms with Crippen LogP contribution < -0.4 is 0 Å². The van der Waals surface area contributed by atoms with Crippen molar-refractivity contribution in [2.45, 2.75) is 30.9 Å². The predicted octanol–water partition coefficient (Wildman–Crippen LogP) is 1.82. The van der Waals surface area contributed by atoms with Crippen LogP contribution in [0.15, 0.2) is 12.3 Å². The molecule has 0 radical (unpaired) electrons. The summed E-state index contributed by atoms with van der Waals surface area (Å²) in [6, 6.07) is 1.98. The first-order valence-corrected chi connectivity index (χ1v) is 6.43. The lowest BCUT2D eigenvalue weighted by Gasteiger charge is -2.06. The molecule has 15 heavy (non-hydrogen) atoms. The van der Waals surface area contributed by atoms with Gasteiger partial charge in [0, 0.05) is 25.4 Å². The summed E-state index contributed by atoms with van der Waals surface area (Å²) in [5, 5.41) is 4.37. The molecular weight excluding hydrogens is 208 g/mol. The van der Waals surface area contributed by atoms with Crippen LogP contribution in [-0.2, 0) is 18.3 Å². The van der Waals surface area contributed by atoms with E-state index in [4.69, 9.17) is 0 Å². The number of aryl methyl sites for hydroxylation is 2. The van der Waals surface area contributed by atoms with Gasteiger partial charge in [-0.2, -0.15) is 16.9 Å². The molecule has 1 unspecified atom stereocenters. The Morgan fingerprint density at radius 1 is 1.73 bits per heavy atom. The second-order valence-corrected chi connectivity index (χ2v) is 5.22. The Kier molecular flexibility index (Phi) is 3.46. The van der Waals surface area contributed by atoms with Crippen LogP contribution in [0.1, 0.15) is 25.0 Å². The Hall–Kier alpha value is -0.770. The van der Waals surface area contributed by atoms with Crippen LogP contribution in [0.4, 0.5) is 0 Å². The third-order valence-electron chi connectivity index (χ3n) is 2.84. The molecule has 0 amide bonds. The fourth-order valence-corrected chi connectivity index (χ4v) is 3.15. The quantitative estimate of drug-likeness (QED) is 0.782. The zero-order valence-corrected chi connectivity index (χ0v) is 9.80. The van der Waals surface area contributed by atoms with E-state index in [1.807, 2.05) is 29.6 Å². The third kappa shape index (κ3) is 2.62. The number of carbonyl (C=O) groups excluding carboxylic acids is 1. The van der Waals surface area contributed by atoms with Crippen LogP contribution in [0.2, 0.25) is 0 Å². The van der Waals surface area contributed by atoms with Gasteiger partial charge in [0.1, 0.15) is 5.78 Å². The van der Waals surface area contributed by atoms with Crippen molar-refractivity contribution in [1.29, 1.82) is 0 Å². The van der Waals surface area contributed by atoms with Crippen LogP contribution in [0.25, 0.3) is 0 Å². The molecule has 1 aliphatic rings. The van der Waals surface area contributed by atoms with Gasteiger partial charge in [0.2, 0.25) is 0 Å². The van der Waals surface area contributed by atoms with Crippen LogP contribution >= 0.6 is 11.8 Å². The van der Waals surface area contributed by atoms with Gasteiger partial charge in [0.05, 0.1) is 5.25 Å². The van der Waals surface area contributed by atoms with E-state index < -0.39 is 0 Å². The number of thioether (sulfide) groups is 1. The summed E-state index contributed by atoms with van der Waals surface area (Å²) in [6.45, 7) is 0. The van der Waals surface area contributed by atoms with Crippen molar-refractivity contribution in [3.63, 3.8) is 0 Å². The van der Waals surface area contributed by atoms with E-state index in [-0.39, 0.29) is 5.25 Å². The van der Waals surface area contributed by atoms with Crippen molar-refractivity contribution in [3.05, 3.63) is 18.0 Å². The fourth-order valence-electron chi connectivity index (χ4n) is 1.89. The average Bonchev–Trinajstić information content (AvgIpc) is 2.85. The largest absolute Gasteiger partial charge is 0.298 e. The molecule has 4 heteroatoms. The summed E-state index contributed by atoms with van der Waals surface area (Å²) in [6.07, 6.45) is 5.55. The molecule has 2 rings (SSSR count). The van der Waals surface area contributed by atoms with E-state index in [0.29, 0.717) is 12.2 Å². The maximum Gasteiger partial charge on any atom is 0.146 e. The number of hydrogen-bond acceptors (Lipinski definition) is 3. The highest BCUT2D eigenvalue weighted by Crippen LogP contribution is 2.27. The van der Waals surface area contributed by atoms with Crippen molar-refractivity contribution in [1.82, 2.24) is 9.78 Å². The van der Waals surface area contributed by atoms with E-state index in [9.17, 15) is 4.79 Å². The molecule has 0 aliphatic carbocycles. The second-order valence-electron chi connectivity index (χ2n) is 3.91. The SMILES string of the molecule is Cn1nccc1CCC(=O)C1CCCS1. The molecule has 1 aromatic rings. The Morgan fingerprint density at radius 2 is 2.60 bits per heavy atom. The van der Waals surface area contributed by atoms with Gasteiger partial charge in [-0.25, -0.2) is 0 Å². The highest BCUT2D eigenvalue weighted by Gasteiger charge is 2.22. The normalized spacial score (nSPS) is 20.7. The summed E-state index contributed by atoms with van der Waals surface area (Å²) in [5.41, 5.74) is 1.14. The van der Waals surface area contributed by atoms with E-state index >= 15 is 0 Å². The molecule has 1 aromatic heterocycles. The van der Waals surface area contributed by atoms with Crippen molar-refractivity contribution in [2.75, 3.05) is 5.75 Å². The van der Waals surface area contributed by atoms with Gasteiger partial charge >= 0.3 is 0 Å². The summed E-state index contributed by atoms with van der Waals surface area (Å²) in [5.74, 6) is 1.57. The maximum atomic E-state index is 11.8. The standard InChI is InChI=1S/C11H16N2OS/c1-13-9(6-7-12-13)4-5-10(14)11-3-2-8-15-11/h6-7,11H,2-5,8H2,1H3. The molecule has 2 heterocycles. The van der Waals surface area contributed by atoms with Gasteiger partial charge in [-0.1, -0.05) is 0 Å². The lowest BCUT2D eigenvalue weighted by Crippen LogP contribution is -2.15. The monoisotopic (exact) mass is 224 g/mol. The smallest absolute Gasteiger partial charge is 0.146 e. The molecule has 3 nitrogen and oxygen atoms in total. The van der Waals surface area contributed by atoms with Crippen molar-refractivity contribution in [3.8, 4) is 0 Å². The minimum Gasteiger partial charge on any atom is -0.298 e. The maximum absolute atomic E-state index is 11.8. The van der Waals surface area contributed by atoms with Crippen LogP contribution in [0.5, 0.6) is 0 Å². The number of rotatable bonds is 4. The first-order chi connectivity index (χ1) is 7.27. The summed E-state index contributed by atoms with van der Waals surface area (Å²) in [4.78, 5) is 11.8. The van der Waals surface area contributed by atoms with E-state index in [1.54, 1.807) is 6.20 Å². The van der Waals surface area contributed by atoms with E-state index in [0.717, 1.165) is 24.3 Å². The molecule has 1 fully saturated rings. The number of Topliss-reactive ketones (excluding diaryl/α,β-unsaturated/α-hetero) is 1. The zero-order chi connectivity index (χ0) is 10.7. The van der Waals surface area contributed by atoms with Crippen molar-refractivity contribution < 1.29 is 4.79 Å². The topological polar surface area (TPSA) is 34.9 Å². The highest BCUT2D eigenvalue weighted by atomic mass is 32.2. The molecule has 1 aliphatic heterocycles. The lowest BCUT2D eigenvalue weighted by atomic mass is 10.1. The lowest BCUT2D eigenvalue weighted by molar-refractivity contribution is -0.118. The third-order valence-corrected chi connectivity index (χ3v) is 4.26. The molecule has 1 atom stereocenters. The Morgan fingerprint density at radius 3 is 3.20 bits per heavy atom. The van der Waals surface area contributed by atoms with Gasteiger partial charge in [0.25, 0.3) is 0 Å². The van der Waals surface area contributed by atoms with E-state index in [2.05, 4.69) is 5.10 Å². The Bertz CT molecular complexity index is 342. The Labute approximate surface area is 94.2 Å².